The van der Waals surface area contributed by atoms with Crippen molar-refractivity contribution < 1.29 is 27.4 Å². The molecular weight excluding hydrogens is 384 g/mol. The molecule has 0 heterocycles. The van der Waals surface area contributed by atoms with Gasteiger partial charge in [-0.25, -0.2) is 13.1 Å². The Hall–Kier alpha value is -2.78. The van der Waals surface area contributed by atoms with Crippen molar-refractivity contribution in [3.05, 3.63) is 42.5 Å². The standard InChI is InChI=1S/C19H22N2O6S/c1-25-16-10-9-14(28(23,24)21-13-7-8-13)11-15(16)20-19(22)12-27-18-6-4-3-5-17(18)26-2/h3-6,9-11,13,21H,7-8,12H2,1-2H3,(H,20,22). The second kappa shape index (κ2) is 8.49. The van der Waals surface area contributed by atoms with Crippen LogP contribution in [0.1, 0.15) is 12.8 Å². The molecule has 1 saturated carbocycles. The van der Waals surface area contributed by atoms with Crippen molar-refractivity contribution in [1.29, 1.82) is 0 Å². The summed E-state index contributed by atoms with van der Waals surface area (Å²) in [5.41, 5.74) is 0.245. The van der Waals surface area contributed by atoms with E-state index < -0.39 is 15.9 Å². The molecular formula is C19H22N2O6S. The van der Waals surface area contributed by atoms with Gasteiger partial charge in [0.25, 0.3) is 5.91 Å². The number of amides is 1. The van der Waals surface area contributed by atoms with E-state index in [1.54, 1.807) is 24.3 Å². The molecule has 9 heteroatoms. The Kier molecular flexibility index (Phi) is 6.05. The maximum atomic E-state index is 12.4. The predicted octanol–water partition coefficient (Wildman–Crippen LogP) is 2.16. The van der Waals surface area contributed by atoms with Crippen LogP contribution >= 0.6 is 0 Å². The zero-order valence-corrected chi connectivity index (χ0v) is 16.4. The van der Waals surface area contributed by atoms with E-state index >= 15 is 0 Å². The third-order valence-electron chi connectivity index (χ3n) is 4.08. The first-order valence-corrected chi connectivity index (χ1v) is 10.2. The number of hydrogen-bond acceptors (Lipinski definition) is 6. The Labute approximate surface area is 163 Å². The molecule has 0 unspecified atom stereocenters. The fourth-order valence-corrected chi connectivity index (χ4v) is 3.84. The molecule has 0 bridgehead atoms. The van der Waals surface area contributed by atoms with E-state index in [-0.39, 0.29) is 23.2 Å². The highest BCUT2D eigenvalue weighted by Gasteiger charge is 2.28. The van der Waals surface area contributed by atoms with Crippen molar-refractivity contribution in [2.24, 2.45) is 0 Å². The number of rotatable bonds is 9. The third-order valence-corrected chi connectivity index (χ3v) is 5.60. The number of hydrogen-bond donors (Lipinski definition) is 2. The molecule has 2 aromatic carbocycles. The Morgan fingerprint density at radius 1 is 1.04 bits per heavy atom. The van der Waals surface area contributed by atoms with Crippen molar-refractivity contribution in [2.75, 3.05) is 26.1 Å². The smallest absolute Gasteiger partial charge is 0.262 e. The number of methoxy groups -OCH3 is 2. The summed E-state index contributed by atoms with van der Waals surface area (Å²) in [7, 11) is -0.703. The van der Waals surface area contributed by atoms with Crippen molar-refractivity contribution in [2.45, 2.75) is 23.8 Å². The normalized spacial score (nSPS) is 13.6. The van der Waals surface area contributed by atoms with Crippen LogP contribution in [0, 0.1) is 0 Å². The number of benzene rings is 2. The van der Waals surface area contributed by atoms with Gasteiger partial charge in [-0.15, -0.1) is 0 Å². The maximum Gasteiger partial charge on any atom is 0.262 e. The van der Waals surface area contributed by atoms with Gasteiger partial charge >= 0.3 is 0 Å². The van der Waals surface area contributed by atoms with Crippen LogP contribution in [-0.2, 0) is 14.8 Å². The monoisotopic (exact) mass is 406 g/mol. The number of carbonyl (C=O) groups is 1. The van der Waals surface area contributed by atoms with Crippen LogP contribution in [0.3, 0.4) is 0 Å². The van der Waals surface area contributed by atoms with Crippen LogP contribution in [-0.4, -0.2) is 41.2 Å². The van der Waals surface area contributed by atoms with Crippen molar-refractivity contribution in [3.8, 4) is 17.2 Å². The number of nitrogens with one attached hydrogen (secondary N) is 2. The highest BCUT2D eigenvalue weighted by atomic mass is 32.2. The molecule has 1 aliphatic rings. The van der Waals surface area contributed by atoms with Crippen LogP contribution in [0.2, 0.25) is 0 Å². The second-order valence-corrected chi connectivity index (χ2v) is 7.96. The Balaban J connectivity index is 1.71. The molecule has 0 aromatic heterocycles. The molecule has 0 saturated heterocycles. The molecule has 0 atom stereocenters. The first-order chi connectivity index (χ1) is 13.4. The summed E-state index contributed by atoms with van der Waals surface area (Å²) < 4.78 is 43.3. The molecule has 1 aliphatic carbocycles. The van der Waals surface area contributed by atoms with Gasteiger partial charge in [-0.1, -0.05) is 12.1 Å². The van der Waals surface area contributed by atoms with Crippen LogP contribution in [0.5, 0.6) is 17.2 Å². The Morgan fingerprint density at radius 3 is 2.36 bits per heavy atom. The summed E-state index contributed by atoms with van der Waals surface area (Å²) in [5.74, 6) is 0.814. The Morgan fingerprint density at radius 2 is 1.71 bits per heavy atom. The van der Waals surface area contributed by atoms with Gasteiger partial charge in [-0.05, 0) is 43.2 Å². The molecule has 0 radical (unpaired) electrons. The fourth-order valence-electron chi connectivity index (χ4n) is 2.51. The molecule has 28 heavy (non-hydrogen) atoms. The van der Waals surface area contributed by atoms with Gasteiger partial charge in [0.05, 0.1) is 24.8 Å². The second-order valence-electron chi connectivity index (χ2n) is 6.25. The van der Waals surface area contributed by atoms with Crippen LogP contribution in [0.25, 0.3) is 0 Å². The zero-order valence-electron chi connectivity index (χ0n) is 15.6. The lowest BCUT2D eigenvalue weighted by Crippen LogP contribution is -2.26. The molecule has 0 spiro atoms. The van der Waals surface area contributed by atoms with Crippen molar-refractivity contribution >= 4 is 21.6 Å². The minimum Gasteiger partial charge on any atom is -0.495 e. The van der Waals surface area contributed by atoms with Gasteiger partial charge < -0.3 is 19.5 Å². The summed E-state index contributed by atoms with van der Waals surface area (Å²) in [6, 6.07) is 11.2. The first kappa shape index (κ1) is 20.0. The summed E-state index contributed by atoms with van der Waals surface area (Å²) in [4.78, 5) is 12.4. The molecule has 1 amide bonds. The summed E-state index contributed by atoms with van der Waals surface area (Å²) in [6.07, 6.45) is 1.67. The number of carbonyl (C=O) groups excluding carboxylic acids is 1. The highest BCUT2D eigenvalue weighted by Crippen LogP contribution is 2.29. The van der Waals surface area contributed by atoms with Crippen LogP contribution in [0.4, 0.5) is 5.69 Å². The molecule has 2 N–H and O–H groups in total. The maximum absolute atomic E-state index is 12.4. The molecule has 150 valence electrons. The van der Waals surface area contributed by atoms with Gasteiger partial charge in [0, 0.05) is 6.04 Å². The van der Waals surface area contributed by atoms with Crippen molar-refractivity contribution in [3.63, 3.8) is 0 Å². The first-order valence-electron chi connectivity index (χ1n) is 8.69. The summed E-state index contributed by atoms with van der Waals surface area (Å²) in [6.45, 7) is -0.277. The van der Waals surface area contributed by atoms with E-state index in [2.05, 4.69) is 10.0 Å². The third kappa shape index (κ3) is 4.93. The molecule has 8 nitrogen and oxygen atoms in total. The van der Waals surface area contributed by atoms with E-state index in [0.29, 0.717) is 17.2 Å². The minimum absolute atomic E-state index is 0.0144. The number of para-hydroxylation sites is 2. The molecule has 1 fully saturated rings. The highest BCUT2D eigenvalue weighted by molar-refractivity contribution is 7.89. The summed E-state index contributed by atoms with van der Waals surface area (Å²) in [5, 5.41) is 2.63. The van der Waals surface area contributed by atoms with E-state index in [1.807, 2.05) is 0 Å². The summed E-state index contributed by atoms with van der Waals surface area (Å²) >= 11 is 0. The van der Waals surface area contributed by atoms with Gasteiger partial charge in [0.15, 0.2) is 18.1 Å². The van der Waals surface area contributed by atoms with Gasteiger partial charge in [0.2, 0.25) is 10.0 Å². The van der Waals surface area contributed by atoms with E-state index in [1.165, 1.54) is 32.4 Å². The largest absolute Gasteiger partial charge is 0.495 e. The molecule has 0 aliphatic heterocycles. The number of sulfonamides is 1. The SMILES string of the molecule is COc1ccc(S(=O)(=O)NC2CC2)cc1NC(=O)COc1ccccc1OC. The number of ether oxygens (including phenoxy) is 3. The molecule has 2 aromatic rings. The minimum atomic E-state index is -3.65. The average Bonchev–Trinajstić information content (AvgIpc) is 3.49. The lowest BCUT2D eigenvalue weighted by molar-refractivity contribution is -0.118. The van der Waals surface area contributed by atoms with Crippen LogP contribution < -0.4 is 24.2 Å². The topological polar surface area (TPSA) is 103 Å². The van der Waals surface area contributed by atoms with E-state index in [0.717, 1.165) is 12.8 Å². The predicted molar refractivity (Wildman–Crippen MR) is 103 cm³/mol. The lowest BCUT2D eigenvalue weighted by Gasteiger charge is -2.14. The van der Waals surface area contributed by atoms with E-state index in [4.69, 9.17) is 14.2 Å². The number of anilines is 1. The Bertz CT molecular complexity index is 957. The van der Waals surface area contributed by atoms with Crippen molar-refractivity contribution in [1.82, 2.24) is 4.72 Å². The molecule has 3 rings (SSSR count). The average molecular weight is 406 g/mol. The van der Waals surface area contributed by atoms with Gasteiger partial charge in [-0.2, -0.15) is 0 Å². The fraction of sp³-hybridized carbons (Fsp3) is 0.316. The quantitative estimate of drug-likeness (QED) is 0.662. The van der Waals surface area contributed by atoms with Crippen LogP contribution in [0.15, 0.2) is 47.4 Å². The van der Waals surface area contributed by atoms with Gasteiger partial charge in [0.1, 0.15) is 5.75 Å². The van der Waals surface area contributed by atoms with E-state index in [9.17, 15) is 13.2 Å². The van der Waals surface area contributed by atoms with Gasteiger partial charge in [-0.3, -0.25) is 4.79 Å². The lowest BCUT2D eigenvalue weighted by atomic mass is 10.3. The zero-order chi connectivity index (χ0) is 20.1.